The lowest BCUT2D eigenvalue weighted by Gasteiger charge is -2.18. The topological polar surface area (TPSA) is 39.8 Å². The molecule has 78 valence electrons. The van der Waals surface area contributed by atoms with E-state index in [0.29, 0.717) is 6.04 Å². The van der Waals surface area contributed by atoms with Gasteiger partial charge in [-0.1, -0.05) is 0 Å². The Morgan fingerprint density at radius 2 is 2.57 bits per heavy atom. The molecule has 3 nitrogen and oxygen atoms in total. The third-order valence-corrected chi connectivity index (χ3v) is 3.10. The van der Waals surface area contributed by atoms with Crippen LogP contribution in [0.5, 0.6) is 0 Å². The first-order chi connectivity index (χ1) is 6.90. The molecule has 0 aliphatic carbocycles. The summed E-state index contributed by atoms with van der Waals surface area (Å²) < 4.78 is 0. The van der Waals surface area contributed by atoms with Crippen molar-refractivity contribution in [3.63, 3.8) is 0 Å². The summed E-state index contributed by atoms with van der Waals surface area (Å²) in [7, 11) is 2.04. The van der Waals surface area contributed by atoms with Crippen LogP contribution in [0.25, 0.3) is 0 Å². The Kier molecular flexibility index (Phi) is 3.22. The summed E-state index contributed by atoms with van der Waals surface area (Å²) in [4.78, 5) is 3.11. The lowest BCUT2D eigenvalue weighted by molar-refractivity contribution is 0.431. The van der Waals surface area contributed by atoms with Gasteiger partial charge in [0.25, 0.3) is 0 Å². The van der Waals surface area contributed by atoms with Crippen molar-refractivity contribution in [1.29, 1.82) is 0 Å². The van der Waals surface area contributed by atoms with Crippen molar-refractivity contribution >= 4 is 0 Å². The van der Waals surface area contributed by atoms with Gasteiger partial charge in [0.2, 0.25) is 0 Å². The first-order valence-corrected chi connectivity index (χ1v) is 5.41. The predicted molar refractivity (Wildman–Crippen MR) is 58.2 cm³/mol. The maximum absolute atomic E-state index is 3.41. The van der Waals surface area contributed by atoms with Gasteiger partial charge in [0.05, 0.1) is 0 Å². The summed E-state index contributed by atoms with van der Waals surface area (Å²) in [5.41, 5.74) is 1.37. The molecule has 3 N–H and O–H groups in total. The summed E-state index contributed by atoms with van der Waals surface area (Å²) >= 11 is 0. The number of rotatable bonds is 4. The zero-order valence-electron chi connectivity index (χ0n) is 8.72. The minimum atomic E-state index is 0.506. The van der Waals surface area contributed by atoms with Crippen molar-refractivity contribution in [3.05, 3.63) is 24.0 Å². The highest BCUT2D eigenvalue weighted by Crippen LogP contribution is 2.23. The van der Waals surface area contributed by atoms with E-state index in [1.807, 2.05) is 13.2 Å². The standard InChI is InChI=1S/C11H19N3/c1-12-11(10-3-5-14-8-10)6-9-2-4-13-7-9/h3,5,8-9,11-14H,2,4,6-7H2,1H3. The summed E-state index contributed by atoms with van der Waals surface area (Å²) in [5, 5.41) is 6.80. The largest absolute Gasteiger partial charge is 0.367 e. The molecule has 3 heteroatoms. The van der Waals surface area contributed by atoms with Crippen LogP contribution in [0.2, 0.25) is 0 Å². The molecule has 0 aromatic carbocycles. The van der Waals surface area contributed by atoms with Crippen molar-refractivity contribution in [2.45, 2.75) is 18.9 Å². The predicted octanol–water partition coefficient (Wildman–Crippen LogP) is 1.27. The zero-order valence-corrected chi connectivity index (χ0v) is 8.72. The smallest absolute Gasteiger partial charge is 0.0335 e. The van der Waals surface area contributed by atoms with Gasteiger partial charge in [0, 0.05) is 18.4 Å². The van der Waals surface area contributed by atoms with Crippen molar-refractivity contribution in [2.75, 3.05) is 20.1 Å². The minimum Gasteiger partial charge on any atom is -0.367 e. The second-order valence-electron chi connectivity index (χ2n) is 4.08. The normalized spacial score (nSPS) is 23.9. The number of H-pyrrole nitrogens is 1. The molecule has 0 saturated carbocycles. The summed E-state index contributed by atoms with van der Waals surface area (Å²) in [5.74, 6) is 0.836. The molecule has 0 amide bonds. The highest BCUT2D eigenvalue weighted by molar-refractivity contribution is 5.14. The van der Waals surface area contributed by atoms with Crippen LogP contribution in [-0.4, -0.2) is 25.1 Å². The average Bonchev–Trinajstić information content (AvgIpc) is 2.86. The zero-order chi connectivity index (χ0) is 9.80. The van der Waals surface area contributed by atoms with Crippen molar-refractivity contribution in [2.24, 2.45) is 5.92 Å². The number of aromatic amines is 1. The Balaban J connectivity index is 1.93. The van der Waals surface area contributed by atoms with Gasteiger partial charge in [0.1, 0.15) is 0 Å². The molecule has 1 aromatic rings. The molecular weight excluding hydrogens is 174 g/mol. The fraction of sp³-hybridized carbons (Fsp3) is 0.636. The van der Waals surface area contributed by atoms with E-state index in [0.717, 1.165) is 5.92 Å². The summed E-state index contributed by atoms with van der Waals surface area (Å²) in [6.07, 6.45) is 6.64. The van der Waals surface area contributed by atoms with E-state index < -0.39 is 0 Å². The molecule has 0 radical (unpaired) electrons. The van der Waals surface area contributed by atoms with E-state index in [9.17, 15) is 0 Å². The molecule has 1 fully saturated rings. The second-order valence-corrected chi connectivity index (χ2v) is 4.08. The van der Waals surface area contributed by atoms with E-state index >= 15 is 0 Å². The van der Waals surface area contributed by atoms with Crippen LogP contribution in [0.4, 0.5) is 0 Å². The van der Waals surface area contributed by atoms with Gasteiger partial charge in [-0.2, -0.15) is 0 Å². The lowest BCUT2D eigenvalue weighted by atomic mass is 9.96. The average molecular weight is 193 g/mol. The SMILES string of the molecule is CNC(CC1CCNC1)c1cc[nH]c1. The van der Waals surface area contributed by atoms with E-state index in [1.54, 1.807) is 0 Å². The molecule has 1 saturated heterocycles. The van der Waals surface area contributed by atoms with Crippen LogP contribution in [0.15, 0.2) is 18.5 Å². The number of aromatic nitrogens is 1. The van der Waals surface area contributed by atoms with Crippen molar-refractivity contribution in [1.82, 2.24) is 15.6 Å². The lowest BCUT2D eigenvalue weighted by Crippen LogP contribution is -2.20. The highest BCUT2D eigenvalue weighted by Gasteiger charge is 2.19. The molecule has 2 atom stereocenters. The van der Waals surface area contributed by atoms with Gasteiger partial charge in [0.15, 0.2) is 0 Å². The fourth-order valence-corrected chi connectivity index (χ4v) is 2.22. The molecule has 2 unspecified atom stereocenters. The van der Waals surface area contributed by atoms with Crippen LogP contribution in [0, 0.1) is 5.92 Å². The van der Waals surface area contributed by atoms with Crippen molar-refractivity contribution < 1.29 is 0 Å². The Morgan fingerprint density at radius 1 is 1.64 bits per heavy atom. The molecular formula is C11H19N3. The van der Waals surface area contributed by atoms with Crippen LogP contribution < -0.4 is 10.6 Å². The second kappa shape index (κ2) is 4.62. The molecule has 0 bridgehead atoms. The third-order valence-electron chi connectivity index (χ3n) is 3.10. The first kappa shape index (κ1) is 9.74. The highest BCUT2D eigenvalue weighted by atomic mass is 14.9. The van der Waals surface area contributed by atoms with E-state index in [2.05, 4.69) is 27.9 Å². The molecule has 2 heterocycles. The number of nitrogens with one attached hydrogen (secondary N) is 3. The molecule has 1 aliphatic rings. The molecule has 1 aliphatic heterocycles. The van der Waals surface area contributed by atoms with Gasteiger partial charge in [-0.3, -0.25) is 0 Å². The Bertz CT molecular complexity index is 250. The quantitative estimate of drug-likeness (QED) is 0.674. The summed E-state index contributed by atoms with van der Waals surface area (Å²) in [6.45, 7) is 2.37. The van der Waals surface area contributed by atoms with E-state index in [1.165, 1.54) is 31.5 Å². The monoisotopic (exact) mass is 193 g/mol. The van der Waals surface area contributed by atoms with Crippen LogP contribution in [-0.2, 0) is 0 Å². The Labute approximate surface area is 85.3 Å². The third kappa shape index (κ3) is 2.16. The van der Waals surface area contributed by atoms with Crippen molar-refractivity contribution in [3.8, 4) is 0 Å². The maximum Gasteiger partial charge on any atom is 0.0335 e. The van der Waals surface area contributed by atoms with Gasteiger partial charge >= 0.3 is 0 Å². The Morgan fingerprint density at radius 3 is 3.14 bits per heavy atom. The van der Waals surface area contributed by atoms with Crippen LogP contribution in [0.3, 0.4) is 0 Å². The number of hydrogen-bond donors (Lipinski definition) is 3. The van der Waals surface area contributed by atoms with Gasteiger partial charge in [-0.05, 0) is 50.5 Å². The minimum absolute atomic E-state index is 0.506. The fourth-order valence-electron chi connectivity index (χ4n) is 2.22. The molecule has 0 spiro atoms. The molecule has 1 aromatic heterocycles. The first-order valence-electron chi connectivity index (χ1n) is 5.41. The molecule has 14 heavy (non-hydrogen) atoms. The van der Waals surface area contributed by atoms with Gasteiger partial charge in [-0.15, -0.1) is 0 Å². The van der Waals surface area contributed by atoms with E-state index in [-0.39, 0.29) is 0 Å². The van der Waals surface area contributed by atoms with Gasteiger partial charge < -0.3 is 15.6 Å². The number of hydrogen-bond acceptors (Lipinski definition) is 2. The van der Waals surface area contributed by atoms with Gasteiger partial charge in [-0.25, -0.2) is 0 Å². The maximum atomic E-state index is 3.41. The van der Waals surface area contributed by atoms with Crippen LogP contribution >= 0.6 is 0 Å². The molecule has 2 rings (SSSR count). The van der Waals surface area contributed by atoms with Crippen LogP contribution in [0.1, 0.15) is 24.4 Å². The Hall–Kier alpha value is -0.800. The summed E-state index contributed by atoms with van der Waals surface area (Å²) in [6, 6.07) is 2.66. The van der Waals surface area contributed by atoms with E-state index in [4.69, 9.17) is 0 Å².